The molecule has 0 rings (SSSR count). The second kappa shape index (κ2) is 5.14. The molecule has 0 bridgehead atoms. The summed E-state index contributed by atoms with van der Waals surface area (Å²) in [6, 6.07) is 0. The predicted molar refractivity (Wildman–Crippen MR) is 31.3 cm³/mol. The maximum absolute atomic E-state index is 8.74. The maximum atomic E-state index is 8.74. The fourth-order valence-electron chi connectivity index (χ4n) is 0. The van der Waals surface area contributed by atoms with Crippen LogP contribution in [0, 0.1) is 0 Å². The Morgan fingerprint density at radius 2 is 1.14 bits per heavy atom. The first-order valence-electron chi connectivity index (χ1n) is 0.698. The topological polar surface area (TPSA) is 74.6 Å². The average Bonchev–Trinajstić information content (AvgIpc) is 0.722. The van der Waals surface area contributed by atoms with Gasteiger partial charge in [-0.1, -0.05) is 0 Å². The average molecular weight is 136 g/mol. The third kappa shape index (κ3) is 175. The molecule has 2 N–H and O–H groups in total. The minimum atomic E-state index is -4.67. The molecule has 0 aromatic carbocycles. The molecule has 40 valence electrons. The van der Waals surface area contributed by atoms with Gasteiger partial charge in [0, 0.05) is 0 Å². The molecular weight excluding hydrogens is 130 g/mol. The van der Waals surface area contributed by atoms with E-state index in [2.05, 4.69) is 0 Å². The van der Waals surface area contributed by atoms with Crippen LogP contribution in [0.4, 0.5) is 0 Å². The molecule has 7 heteroatoms. The molecule has 0 spiro atoms. The van der Waals surface area contributed by atoms with E-state index in [4.69, 9.17) is 17.5 Å². The zero-order chi connectivity index (χ0) is 4.50. The summed E-state index contributed by atoms with van der Waals surface area (Å²) in [5.74, 6) is 0. The summed E-state index contributed by atoms with van der Waals surface area (Å²) in [7, 11) is -4.67. The molecule has 0 heterocycles. The van der Waals surface area contributed by atoms with Crippen LogP contribution in [0.5, 0.6) is 0 Å². The number of hydrogen-bond acceptors (Lipinski definition) is 2. The van der Waals surface area contributed by atoms with Crippen molar-refractivity contribution in [3.8, 4) is 0 Å². The Balaban J connectivity index is -0.0000000800. The molecule has 0 atom stereocenters. The van der Waals surface area contributed by atoms with Crippen LogP contribution in [-0.2, 0) is 10.4 Å². The van der Waals surface area contributed by atoms with Gasteiger partial charge in [0.05, 0.1) is 0 Å². The minimum absolute atomic E-state index is 0. The first-order valence-corrected chi connectivity index (χ1v) is 2.10. The van der Waals surface area contributed by atoms with Crippen molar-refractivity contribution in [3.63, 3.8) is 0 Å². The van der Waals surface area contributed by atoms with Crippen molar-refractivity contribution < 1.29 is 17.5 Å². The van der Waals surface area contributed by atoms with E-state index in [0.29, 0.717) is 0 Å². The van der Waals surface area contributed by atoms with Crippen LogP contribution in [0.25, 0.3) is 0 Å². The van der Waals surface area contributed by atoms with E-state index in [0.717, 1.165) is 0 Å². The molecule has 0 aromatic rings. The first-order chi connectivity index (χ1) is 2.00. The normalized spacial score (nSPS) is 8.29. The van der Waals surface area contributed by atoms with Gasteiger partial charge in [-0.2, -0.15) is 8.42 Å². The standard InChI is InChI=1S/Al.Li.H2O4S.4H/c;;1-5(2,3)4;;;;/h;;(H2,1,2,3,4);;;;. The van der Waals surface area contributed by atoms with Crippen molar-refractivity contribution in [2.75, 3.05) is 0 Å². The van der Waals surface area contributed by atoms with Gasteiger partial charge in [-0.3, -0.25) is 9.11 Å². The van der Waals surface area contributed by atoms with Crippen molar-refractivity contribution in [1.29, 1.82) is 0 Å². The van der Waals surface area contributed by atoms with E-state index in [-0.39, 0.29) is 36.2 Å². The zero-order valence-electron chi connectivity index (χ0n) is 2.12. The van der Waals surface area contributed by atoms with Crippen molar-refractivity contribution >= 4 is 46.6 Å². The van der Waals surface area contributed by atoms with Gasteiger partial charge in [0.2, 0.25) is 0 Å². The summed E-state index contributed by atoms with van der Waals surface area (Å²) >= 11 is 0. The fraction of sp³-hybridized carbons (Fsp3) is 0. The molecule has 0 fully saturated rings. The molecule has 0 saturated carbocycles. The Labute approximate surface area is 64.2 Å². The summed E-state index contributed by atoms with van der Waals surface area (Å²) in [4.78, 5) is 0. The Kier molecular flexibility index (Phi) is 11.5. The van der Waals surface area contributed by atoms with E-state index >= 15 is 0 Å². The van der Waals surface area contributed by atoms with E-state index in [9.17, 15) is 0 Å². The van der Waals surface area contributed by atoms with Gasteiger partial charge in [0.25, 0.3) is 0 Å². The van der Waals surface area contributed by atoms with Crippen LogP contribution in [0.3, 0.4) is 0 Å². The molecule has 0 radical (unpaired) electrons. The second-order valence-electron chi connectivity index (χ2n) is 0.448. The van der Waals surface area contributed by atoms with Crippen LogP contribution < -0.4 is 0 Å². The van der Waals surface area contributed by atoms with Crippen LogP contribution in [0.1, 0.15) is 0 Å². The molecule has 0 saturated heterocycles. The van der Waals surface area contributed by atoms with Crippen LogP contribution in [0.2, 0.25) is 0 Å². The zero-order valence-corrected chi connectivity index (χ0v) is 2.94. The monoisotopic (exact) mass is 136 g/mol. The Morgan fingerprint density at radius 3 is 1.14 bits per heavy atom. The van der Waals surface area contributed by atoms with Gasteiger partial charge < -0.3 is 0 Å². The quantitative estimate of drug-likeness (QED) is 0.285. The first kappa shape index (κ1) is 15.7. The molecule has 0 unspecified atom stereocenters. The van der Waals surface area contributed by atoms with Crippen LogP contribution >= 0.6 is 0 Å². The molecular formula is H6AlLiO4S. The van der Waals surface area contributed by atoms with Gasteiger partial charge in [-0.15, -0.1) is 0 Å². The fourth-order valence-corrected chi connectivity index (χ4v) is 0. The summed E-state index contributed by atoms with van der Waals surface area (Å²) in [6.45, 7) is 0. The molecule has 4 nitrogen and oxygen atoms in total. The molecule has 0 aliphatic heterocycles. The molecule has 7 heavy (non-hydrogen) atoms. The Bertz CT molecular complexity index is 94.9. The Hall–Kier alpha value is 1.000. The second-order valence-corrected chi connectivity index (χ2v) is 1.34. The van der Waals surface area contributed by atoms with E-state index in [1.165, 1.54) is 0 Å². The summed E-state index contributed by atoms with van der Waals surface area (Å²) in [5.41, 5.74) is 0. The van der Waals surface area contributed by atoms with Crippen LogP contribution in [-0.4, -0.2) is 53.7 Å². The van der Waals surface area contributed by atoms with Crippen molar-refractivity contribution in [2.24, 2.45) is 0 Å². The van der Waals surface area contributed by atoms with Gasteiger partial charge in [0.15, 0.2) is 17.4 Å². The number of hydrogen-bond donors (Lipinski definition) is 2. The molecule has 0 amide bonds. The SMILES string of the molecule is O=S(=O)(O)O.[AlH3].[LiH]. The van der Waals surface area contributed by atoms with E-state index in [1.54, 1.807) is 0 Å². The van der Waals surface area contributed by atoms with Gasteiger partial charge >= 0.3 is 29.3 Å². The summed E-state index contributed by atoms with van der Waals surface area (Å²) in [6.07, 6.45) is 0. The van der Waals surface area contributed by atoms with Crippen molar-refractivity contribution in [2.45, 2.75) is 0 Å². The summed E-state index contributed by atoms with van der Waals surface area (Å²) in [5, 5.41) is 0. The predicted octanol–water partition coefficient (Wildman–Crippen LogP) is -2.49. The van der Waals surface area contributed by atoms with E-state index in [1.807, 2.05) is 0 Å². The summed E-state index contributed by atoms with van der Waals surface area (Å²) < 4.78 is 31.6. The van der Waals surface area contributed by atoms with Crippen molar-refractivity contribution in [3.05, 3.63) is 0 Å². The van der Waals surface area contributed by atoms with Gasteiger partial charge in [0.1, 0.15) is 0 Å². The molecule has 0 aliphatic carbocycles. The third-order valence-electron chi connectivity index (χ3n) is 0. The van der Waals surface area contributed by atoms with E-state index < -0.39 is 10.4 Å². The number of rotatable bonds is 0. The third-order valence-corrected chi connectivity index (χ3v) is 0. The molecule has 0 aromatic heterocycles. The Morgan fingerprint density at radius 1 is 1.14 bits per heavy atom. The van der Waals surface area contributed by atoms with Gasteiger partial charge in [-0.25, -0.2) is 0 Å². The molecule has 0 aliphatic rings. The van der Waals surface area contributed by atoms with Crippen LogP contribution in [0.15, 0.2) is 0 Å². The van der Waals surface area contributed by atoms with Gasteiger partial charge in [-0.05, 0) is 0 Å². The van der Waals surface area contributed by atoms with Crippen molar-refractivity contribution in [1.82, 2.24) is 0 Å².